The van der Waals surface area contributed by atoms with Crippen molar-refractivity contribution in [1.82, 2.24) is 19.9 Å². The van der Waals surface area contributed by atoms with Gasteiger partial charge in [-0.15, -0.1) is 0 Å². The highest BCUT2D eigenvalue weighted by atomic mass is 16.5. The SMILES string of the molecule is CC(=O)N1CCN(CC2CCCCC2)CCC1c1nc(C)no1. The molecule has 2 heterocycles. The maximum Gasteiger partial charge on any atom is 0.249 e. The predicted octanol–water partition coefficient (Wildman–Crippen LogP) is 2.55. The van der Waals surface area contributed by atoms with Crippen LogP contribution in [0.5, 0.6) is 0 Å². The summed E-state index contributed by atoms with van der Waals surface area (Å²) in [7, 11) is 0. The Hall–Kier alpha value is -1.43. The topological polar surface area (TPSA) is 62.5 Å². The van der Waals surface area contributed by atoms with E-state index in [1.54, 1.807) is 6.92 Å². The minimum Gasteiger partial charge on any atom is -0.337 e. The molecule has 2 aliphatic rings. The van der Waals surface area contributed by atoms with E-state index in [4.69, 9.17) is 4.52 Å². The Labute approximate surface area is 138 Å². The van der Waals surface area contributed by atoms with E-state index in [2.05, 4.69) is 15.0 Å². The molecule has 23 heavy (non-hydrogen) atoms. The zero-order chi connectivity index (χ0) is 16.2. The Bertz CT molecular complexity index is 524. The van der Waals surface area contributed by atoms with E-state index in [9.17, 15) is 4.79 Å². The zero-order valence-corrected chi connectivity index (χ0v) is 14.3. The third-order valence-electron chi connectivity index (χ3n) is 5.23. The van der Waals surface area contributed by atoms with Crippen LogP contribution in [0.25, 0.3) is 0 Å². The van der Waals surface area contributed by atoms with E-state index in [1.807, 2.05) is 11.8 Å². The van der Waals surface area contributed by atoms with Crippen LogP contribution in [-0.4, -0.2) is 52.0 Å². The van der Waals surface area contributed by atoms with Gasteiger partial charge < -0.3 is 14.3 Å². The Kier molecular flexibility index (Phi) is 5.30. The Balaban J connectivity index is 1.66. The second-order valence-electron chi connectivity index (χ2n) is 7.00. The summed E-state index contributed by atoms with van der Waals surface area (Å²) in [6.45, 7) is 7.30. The van der Waals surface area contributed by atoms with E-state index in [0.29, 0.717) is 11.7 Å². The second kappa shape index (κ2) is 7.43. The number of aromatic nitrogens is 2. The van der Waals surface area contributed by atoms with Crippen molar-refractivity contribution in [2.45, 2.75) is 58.4 Å². The van der Waals surface area contributed by atoms with Crippen LogP contribution in [0, 0.1) is 12.8 Å². The van der Waals surface area contributed by atoms with Crippen LogP contribution >= 0.6 is 0 Å². The number of hydrogen-bond acceptors (Lipinski definition) is 5. The molecular formula is C17H28N4O2. The molecule has 0 radical (unpaired) electrons. The normalized spacial score (nSPS) is 24.6. The van der Waals surface area contributed by atoms with Crippen molar-refractivity contribution in [3.8, 4) is 0 Å². The molecule has 6 nitrogen and oxygen atoms in total. The highest BCUT2D eigenvalue weighted by Crippen LogP contribution is 2.28. The van der Waals surface area contributed by atoms with Gasteiger partial charge in [-0.1, -0.05) is 24.4 Å². The fraction of sp³-hybridized carbons (Fsp3) is 0.824. The first-order valence-corrected chi connectivity index (χ1v) is 8.93. The molecule has 0 N–H and O–H groups in total. The van der Waals surface area contributed by atoms with Crippen LogP contribution < -0.4 is 0 Å². The minimum absolute atomic E-state index is 0.0787. The molecule has 0 aromatic carbocycles. The molecule has 1 atom stereocenters. The molecule has 0 bridgehead atoms. The highest BCUT2D eigenvalue weighted by molar-refractivity contribution is 5.73. The Morgan fingerprint density at radius 1 is 1.17 bits per heavy atom. The molecule has 1 saturated heterocycles. The molecule has 1 amide bonds. The van der Waals surface area contributed by atoms with E-state index in [1.165, 1.54) is 38.6 Å². The predicted molar refractivity (Wildman–Crippen MR) is 86.8 cm³/mol. The summed E-state index contributed by atoms with van der Waals surface area (Å²) in [5.41, 5.74) is 0. The van der Waals surface area contributed by atoms with Crippen LogP contribution in [0.15, 0.2) is 4.52 Å². The van der Waals surface area contributed by atoms with Gasteiger partial charge in [0.05, 0.1) is 0 Å². The first kappa shape index (κ1) is 16.4. The minimum atomic E-state index is -0.0787. The lowest BCUT2D eigenvalue weighted by atomic mass is 9.89. The molecule has 1 aliphatic heterocycles. The standard InChI is InChI=1S/C17H28N4O2/c1-13-18-17(23-19-13)16-8-9-20(10-11-21(16)14(2)22)12-15-6-4-3-5-7-15/h15-16H,3-12H2,1-2H3. The van der Waals surface area contributed by atoms with Crippen molar-refractivity contribution < 1.29 is 9.32 Å². The monoisotopic (exact) mass is 320 g/mol. The lowest BCUT2D eigenvalue weighted by Crippen LogP contribution is -2.37. The number of hydrogen-bond donors (Lipinski definition) is 0. The number of rotatable bonds is 3. The van der Waals surface area contributed by atoms with Crippen molar-refractivity contribution in [3.63, 3.8) is 0 Å². The van der Waals surface area contributed by atoms with E-state index >= 15 is 0 Å². The first-order valence-electron chi connectivity index (χ1n) is 8.93. The molecule has 0 spiro atoms. The smallest absolute Gasteiger partial charge is 0.249 e. The molecule has 3 rings (SSSR count). The summed E-state index contributed by atoms with van der Waals surface area (Å²) in [6.07, 6.45) is 7.74. The summed E-state index contributed by atoms with van der Waals surface area (Å²) < 4.78 is 5.35. The van der Waals surface area contributed by atoms with Gasteiger partial charge in [0, 0.05) is 33.1 Å². The second-order valence-corrected chi connectivity index (χ2v) is 7.00. The van der Waals surface area contributed by atoms with Gasteiger partial charge in [0.15, 0.2) is 5.82 Å². The van der Waals surface area contributed by atoms with Gasteiger partial charge in [0.1, 0.15) is 6.04 Å². The molecular weight excluding hydrogens is 292 g/mol. The van der Waals surface area contributed by atoms with Crippen molar-refractivity contribution >= 4 is 5.91 Å². The first-order chi connectivity index (χ1) is 11.1. The summed E-state index contributed by atoms with van der Waals surface area (Å²) >= 11 is 0. The molecule has 6 heteroatoms. The fourth-order valence-corrected chi connectivity index (χ4v) is 3.98. The Morgan fingerprint density at radius 2 is 1.96 bits per heavy atom. The quantitative estimate of drug-likeness (QED) is 0.856. The number of nitrogens with zero attached hydrogens (tertiary/aromatic N) is 4. The molecule has 1 aromatic heterocycles. The maximum atomic E-state index is 12.1. The van der Waals surface area contributed by atoms with Gasteiger partial charge in [-0.05, 0) is 32.1 Å². The molecule has 1 aromatic rings. The van der Waals surface area contributed by atoms with Gasteiger partial charge in [-0.3, -0.25) is 4.79 Å². The van der Waals surface area contributed by atoms with Gasteiger partial charge in [-0.2, -0.15) is 4.98 Å². The summed E-state index contributed by atoms with van der Waals surface area (Å²) in [5.74, 6) is 2.13. The van der Waals surface area contributed by atoms with Crippen molar-refractivity contribution in [2.75, 3.05) is 26.2 Å². The molecule has 1 unspecified atom stereocenters. The number of amides is 1. The Morgan fingerprint density at radius 3 is 2.61 bits per heavy atom. The van der Waals surface area contributed by atoms with Crippen molar-refractivity contribution in [2.24, 2.45) is 5.92 Å². The largest absolute Gasteiger partial charge is 0.337 e. The average molecular weight is 320 g/mol. The van der Waals surface area contributed by atoms with Crippen LogP contribution in [-0.2, 0) is 4.79 Å². The van der Waals surface area contributed by atoms with Crippen LogP contribution in [0.4, 0.5) is 0 Å². The molecule has 2 fully saturated rings. The van der Waals surface area contributed by atoms with Crippen LogP contribution in [0.2, 0.25) is 0 Å². The van der Waals surface area contributed by atoms with Crippen molar-refractivity contribution in [3.05, 3.63) is 11.7 Å². The third kappa shape index (κ3) is 4.10. The fourth-order valence-electron chi connectivity index (χ4n) is 3.98. The summed E-state index contributed by atoms with van der Waals surface area (Å²) in [4.78, 5) is 20.8. The third-order valence-corrected chi connectivity index (χ3v) is 5.23. The van der Waals surface area contributed by atoms with Crippen molar-refractivity contribution in [1.29, 1.82) is 0 Å². The summed E-state index contributed by atoms with van der Waals surface area (Å²) in [5, 5.41) is 3.89. The maximum absolute atomic E-state index is 12.1. The van der Waals surface area contributed by atoms with E-state index < -0.39 is 0 Å². The van der Waals surface area contributed by atoms with Gasteiger partial charge in [0.25, 0.3) is 0 Å². The number of carbonyl (C=O) groups is 1. The molecule has 1 aliphatic carbocycles. The van der Waals surface area contributed by atoms with Gasteiger partial charge in [-0.25, -0.2) is 0 Å². The number of carbonyl (C=O) groups excluding carboxylic acids is 1. The highest BCUT2D eigenvalue weighted by Gasteiger charge is 2.31. The van der Waals surface area contributed by atoms with Crippen LogP contribution in [0.3, 0.4) is 0 Å². The molecule has 128 valence electrons. The average Bonchev–Trinajstić information content (AvgIpc) is 2.85. The van der Waals surface area contributed by atoms with Gasteiger partial charge >= 0.3 is 0 Å². The zero-order valence-electron chi connectivity index (χ0n) is 14.3. The van der Waals surface area contributed by atoms with Crippen LogP contribution in [0.1, 0.15) is 63.2 Å². The van der Waals surface area contributed by atoms with Gasteiger partial charge in [0.2, 0.25) is 11.8 Å². The van der Waals surface area contributed by atoms with E-state index in [0.717, 1.165) is 32.0 Å². The summed E-state index contributed by atoms with van der Waals surface area (Å²) in [6, 6.07) is -0.0787. The molecule has 1 saturated carbocycles. The lowest BCUT2D eigenvalue weighted by Gasteiger charge is -2.28. The number of aryl methyl sites for hydroxylation is 1. The van der Waals surface area contributed by atoms with E-state index in [-0.39, 0.29) is 11.9 Å². The lowest BCUT2D eigenvalue weighted by molar-refractivity contribution is -0.131.